The second-order valence-corrected chi connectivity index (χ2v) is 8.97. The third kappa shape index (κ3) is 6.11. The Hall–Kier alpha value is -1.79. The number of rotatable bonds is 2. The highest BCUT2D eigenvalue weighted by Gasteiger charge is 2.35. The number of hydrogen-bond donors (Lipinski definition) is 3. The summed E-state index contributed by atoms with van der Waals surface area (Å²) in [6.07, 6.45) is 0.795. The third-order valence-corrected chi connectivity index (χ3v) is 4.82. The van der Waals surface area contributed by atoms with Crippen molar-refractivity contribution in [3.63, 3.8) is 0 Å². The van der Waals surface area contributed by atoms with Crippen molar-refractivity contribution >= 4 is 30.0 Å². The molecule has 1 saturated heterocycles. The molecule has 1 unspecified atom stereocenters. The minimum Gasteiger partial charge on any atom is -0.338 e. The molecule has 0 aromatic heterocycles. The third-order valence-electron chi connectivity index (χ3n) is 4.82. The van der Waals surface area contributed by atoms with Gasteiger partial charge in [-0.05, 0) is 57.2 Å². The first-order chi connectivity index (χ1) is 11.9. The number of nitrogens with one attached hydrogen (secondary N) is 2. The SMILES string of the molecule is Cc1ccc(C(=O)N2CCC(N)C(C)(C)C2)cc1NC(=O)NC(C)(C)C.Cl. The maximum atomic E-state index is 12.9. The molecule has 7 heteroatoms. The molecule has 2 rings (SSSR count). The number of hydrogen-bond acceptors (Lipinski definition) is 3. The van der Waals surface area contributed by atoms with E-state index in [-0.39, 0.29) is 41.3 Å². The molecule has 0 spiro atoms. The summed E-state index contributed by atoms with van der Waals surface area (Å²) in [6, 6.07) is 5.24. The molecule has 27 heavy (non-hydrogen) atoms. The molecule has 0 radical (unpaired) electrons. The first-order valence-corrected chi connectivity index (χ1v) is 9.14. The van der Waals surface area contributed by atoms with Crippen molar-refractivity contribution < 1.29 is 9.59 Å². The maximum absolute atomic E-state index is 12.9. The highest BCUT2D eigenvalue weighted by Crippen LogP contribution is 2.29. The number of aryl methyl sites for hydroxylation is 1. The van der Waals surface area contributed by atoms with E-state index >= 15 is 0 Å². The lowest BCUT2D eigenvalue weighted by atomic mass is 9.79. The predicted molar refractivity (Wildman–Crippen MR) is 113 cm³/mol. The van der Waals surface area contributed by atoms with E-state index in [1.165, 1.54) is 0 Å². The van der Waals surface area contributed by atoms with Gasteiger partial charge in [-0.15, -0.1) is 12.4 Å². The number of piperidine rings is 1. The summed E-state index contributed by atoms with van der Waals surface area (Å²) in [6.45, 7) is 13.1. The van der Waals surface area contributed by atoms with E-state index < -0.39 is 0 Å². The summed E-state index contributed by atoms with van der Waals surface area (Å²) in [4.78, 5) is 26.9. The number of benzene rings is 1. The fraction of sp³-hybridized carbons (Fsp3) is 0.600. The molecule has 0 saturated carbocycles. The quantitative estimate of drug-likeness (QED) is 0.714. The molecule has 1 aliphatic heterocycles. The molecule has 152 valence electrons. The standard InChI is InChI=1S/C20H32N4O2.ClH/c1-13-7-8-14(11-15(13)22-18(26)23-19(2,3)4)17(25)24-10-9-16(21)20(5,6)12-24;/h7-8,11,16H,9-10,12,21H2,1-6H3,(H2,22,23,26);1H. The lowest BCUT2D eigenvalue weighted by Gasteiger charge is -2.42. The topological polar surface area (TPSA) is 87.5 Å². The fourth-order valence-electron chi connectivity index (χ4n) is 3.11. The number of anilines is 1. The van der Waals surface area contributed by atoms with Gasteiger partial charge in [-0.25, -0.2) is 4.79 Å². The number of amides is 3. The Kier molecular flexibility index (Phi) is 7.30. The van der Waals surface area contributed by atoms with Crippen LogP contribution in [0.5, 0.6) is 0 Å². The fourth-order valence-corrected chi connectivity index (χ4v) is 3.11. The van der Waals surface area contributed by atoms with E-state index in [0.717, 1.165) is 12.0 Å². The highest BCUT2D eigenvalue weighted by molar-refractivity contribution is 5.97. The number of halogens is 1. The number of nitrogens with two attached hydrogens (primary N) is 1. The van der Waals surface area contributed by atoms with Crippen LogP contribution in [0.25, 0.3) is 0 Å². The molecule has 1 heterocycles. The van der Waals surface area contributed by atoms with Crippen molar-refractivity contribution in [3.05, 3.63) is 29.3 Å². The average molecular weight is 397 g/mol. The predicted octanol–water partition coefficient (Wildman–Crippen LogP) is 3.54. The van der Waals surface area contributed by atoms with E-state index in [1.807, 2.05) is 44.7 Å². The molecule has 1 fully saturated rings. The Balaban J connectivity index is 0.00000364. The summed E-state index contributed by atoms with van der Waals surface area (Å²) in [5, 5.41) is 5.71. The summed E-state index contributed by atoms with van der Waals surface area (Å²) in [7, 11) is 0. The van der Waals surface area contributed by atoms with Gasteiger partial charge in [-0.3, -0.25) is 4.79 Å². The summed E-state index contributed by atoms with van der Waals surface area (Å²) < 4.78 is 0. The number of urea groups is 1. The highest BCUT2D eigenvalue weighted by atomic mass is 35.5. The van der Waals surface area contributed by atoms with Gasteiger partial charge in [0.25, 0.3) is 5.91 Å². The van der Waals surface area contributed by atoms with Gasteiger partial charge in [-0.2, -0.15) is 0 Å². The van der Waals surface area contributed by atoms with E-state index in [2.05, 4.69) is 24.5 Å². The summed E-state index contributed by atoms with van der Waals surface area (Å²) >= 11 is 0. The first-order valence-electron chi connectivity index (χ1n) is 9.14. The number of nitrogens with zero attached hydrogens (tertiary/aromatic N) is 1. The molecule has 3 amide bonds. The lowest BCUT2D eigenvalue weighted by Crippen LogP contribution is -2.54. The van der Waals surface area contributed by atoms with Crippen molar-refractivity contribution in [2.75, 3.05) is 18.4 Å². The van der Waals surface area contributed by atoms with Crippen LogP contribution in [0.2, 0.25) is 0 Å². The summed E-state index contributed by atoms with van der Waals surface area (Å²) in [5.74, 6) is -0.0238. The second-order valence-electron chi connectivity index (χ2n) is 8.97. The zero-order valence-corrected chi connectivity index (χ0v) is 18.0. The summed E-state index contributed by atoms with van der Waals surface area (Å²) in [5.41, 5.74) is 7.87. The number of carbonyl (C=O) groups excluding carboxylic acids is 2. The molecular formula is C20H33ClN4O2. The molecule has 1 aromatic rings. The van der Waals surface area contributed by atoms with Crippen molar-refractivity contribution in [2.24, 2.45) is 11.1 Å². The maximum Gasteiger partial charge on any atom is 0.319 e. The van der Waals surface area contributed by atoms with Crippen molar-refractivity contribution in [1.29, 1.82) is 0 Å². The first kappa shape index (κ1) is 23.2. The van der Waals surface area contributed by atoms with Crippen LogP contribution in [0.3, 0.4) is 0 Å². The normalized spacial score (nSPS) is 19.1. The minimum absolute atomic E-state index is 0. The van der Waals surface area contributed by atoms with Gasteiger partial charge in [0.1, 0.15) is 0 Å². The van der Waals surface area contributed by atoms with Crippen LogP contribution in [0.1, 0.15) is 57.0 Å². The van der Waals surface area contributed by atoms with Gasteiger partial charge in [0.05, 0.1) is 0 Å². The van der Waals surface area contributed by atoms with Crippen LogP contribution in [0.4, 0.5) is 10.5 Å². The molecule has 0 bridgehead atoms. The van der Waals surface area contributed by atoms with E-state index in [0.29, 0.717) is 24.3 Å². The molecule has 1 atom stereocenters. The van der Waals surface area contributed by atoms with Gasteiger partial charge in [-0.1, -0.05) is 19.9 Å². The Morgan fingerprint density at radius 2 is 1.89 bits per heavy atom. The smallest absolute Gasteiger partial charge is 0.319 e. The average Bonchev–Trinajstić information content (AvgIpc) is 2.49. The van der Waals surface area contributed by atoms with Crippen molar-refractivity contribution in [2.45, 2.75) is 59.5 Å². The van der Waals surface area contributed by atoms with Gasteiger partial charge >= 0.3 is 6.03 Å². The largest absolute Gasteiger partial charge is 0.338 e. The Labute approximate surface area is 168 Å². The van der Waals surface area contributed by atoms with E-state index in [9.17, 15) is 9.59 Å². The van der Waals surface area contributed by atoms with Crippen LogP contribution in [0.15, 0.2) is 18.2 Å². The zero-order valence-electron chi connectivity index (χ0n) is 17.2. The van der Waals surface area contributed by atoms with Gasteiger partial charge < -0.3 is 21.3 Å². The van der Waals surface area contributed by atoms with Crippen LogP contribution in [0, 0.1) is 12.3 Å². The Morgan fingerprint density at radius 1 is 1.26 bits per heavy atom. The molecule has 1 aromatic carbocycles. The second kappa shape index (κ2) is 8.48. The minimum atomic E-state index is -0.330. The lowest BCUT2D eigenvalue weighted by molar-refractivity contribution is 0.0533. The number of likely N-dealkylation sites (tertiary alicyclic amines) is 1. The van der Waals surface area contributed by atoms with Crippen LogP contribution >= 0.6 is 12.4 Å². The number of carbonyl (C=O) groups is 2. The van der Waals surface area contributed by atoms with Crippen molar-refractivity contribution in [1.82, 2.24) is 10.2 Å². The van der Waals surface area contributed by atoms with Gasteiger partial charge in [0.2, 0.25) is 0 Å². The van der Waals surface area contributed by atoms with E-state index in [4.69, 9.17) is 5.73 Å². The van der Waals surface area contributed by atoms with Gasteiger partial charge in [0.15, 0.2) is 0 Å². The zero-order chi connectivity index (χ0) is 19.7. The van der Waals surface area contributed by atoms with Crippen molar-refractivity contribution in [3.8, 4) is 0 Å². The van der Waals surface area contributed by atoms with Crippen LogP contribution in [-0.2, 0) is 0 Å². The van der Waals surface area contributed by atoms with E-state index in [1.54, 1.807) is 6.07 Å². The van der Waals surface area contributed by atoms with Gasteiger partial charge in [0, 0.05) is 35.9 Å². The Morgan fingerprint density at radius 3 is 2.44 bits per heavy atom. The monoisotopic (exact) mass is 396 g/mol. The molecule has 6 nitrogen and oxygen atoms in total. The molecule has 4 N–H and O–H groups in total. The Bertz CT molecular complexity index is 698. The van der Waals surface area contributed by atoms with Crippen LogP contribution in [-0.4, -0.2) is 41.5 Å². The molecule has 1 aliphatic rings. The van der Waals surface area contributed by atoms with Crippen LogP contribution < -0.4 is 16.4 Å². The molecule has 0 aliphatic carbocycles. The molecular weight excluding hydrogens is 364 g/mol.